The van der Waals surface area contributed by atoms with Crippen LogP contribution in [0.4, 0.5) is 10.5 Å². The first-order chi connectivity index (χ1) is 17.9. The van der Waals surface area contributed by atoms with Crippen molar-refractivity contribution in [3.8, 4) is 11.5 Å². The van der Waals surface area contributed by atoms with E-state index in [0.29, 0.717) is 36.1 Å². The third kappa shape index (κ3) is 6.25. The van der Waals surface area contributed by atoms with Crippen LogP contribution in [0.3, 0.4) is 0 Å². The molecule has 7 heteroatoms. The van der Waals surface area contributed by atoms with Crippen LogP contribution < -0.4 is 19.7 Å². The predicted octanol–water partition coefficient (Wildman–Crippen LogP) is 5.63. The number of benzene rings is 3. The van der Waals surface area contributed by atoms with Crippen LogP contribution in [0.2, 0.25) is 0 Å². The molecule has 4 rings (SSSR count). The standard InChI is InChI=1S/C30H30N2O5/c1-4-21(3)23-10-14-26(15-11-23)37-17-16-36-25-12-8-22(9-13-25)19-27-28(33)31-30(35)32(29(27)34)24-7-5-6-20(2)18-24/h5-15,18-19,21H,4,16-17H2,1-3H3,(H,31,33,35)/b27-19-. The van der Waals surface area contributed by atoms with Gasteiger partial charge in [-0.3, -0.25) is 14.9 Å². The number of nitrogens with one attached hydrogen (secondary N) is 1. The summed E-state index contributed by atoms with van der Waals surface area (Å²) in [7, 11) is 0. The van der Waals surface area contributed by atoms with E-state index in [0.717, 1.165) is 22.6 Å². The second-order valence-electron chi connectivity index (χ2n) is 8.94. The van der Waals surface area contributed by atoms with Gasteiger partial charge in [-0.05, 0) is 78.4 Å². The highest BCUT2D eigenvalue weighted by atomic mass is 16.5. The number of urea groups is 1. The van der Waals surface area contributed by atoms with Crippen LogP contribution in [-0.2, 0) is 9.59 Å². The number of hydrogen-bond acceptors (Lipinski definition) is 5. The fourth-order valence-electron chi connectivity index (χ4n) is 3.93. The molecule has 0 radical (unpaired) electrons. The largest absolute Gasteiger partial charge is 0.490 e. The minimum Gasteiger partial charge on any atom is -0.490 e. The van der Waals surface area contributed by atoms with E-state index in [9.17, 15) is 14.4 Å². The van der Waals surface area contributed by atoms with E-state index in [1.165, 1.54) is 11.6 Å². The minimum atomic E-state index is -0.768. The molecule has 0 bridgehead atoms. The summed E-state index contributed by atoms with van der Waals surface area (Å²) in [5, 5.41) is 2.24. The molecule has 0 saturated carbocycles. The first-order valence-corrected chi connectivity index (χ1v) is 12.3. The molecule has 1 heterocycles. The zero-order chi connectivity index (χ0) is 26.4. The summed E-state index contributed by atoms with van der Waals surface area (Å²) in [4.78, 5) is 38.8. The molecule has 0 spiro atoms. The summed E-state index contributed by atoms with van der Waals surface area (Å²) in [6, 6.07) is 21.3. The van der Waals surface area contributed by atoms with Crippen molar-refractivity contribution in [3.63, 3.8) is 0 Å². The fourth-order valence-corrected chi connectivity index (χ4v) is 3.93. The first-order valence-electron chi connectivity index (χ1n) is 12.3. The summed E-state index contributed by atoms with van der Waals surface area (Å²) in [6.45, 7) is 6.99. The molecule has 1 atom stereocenters. The molecule has 1 unspecified atom stereocenters. The number of rotatable bonds is 9. The Morgan fingerprint density at radius 2 is 1.51 bits per heavy atom. The highest BCUT2D eigenvalue weighted by molar-refractivity contribution is 6.39. The van der Waals surface area contributed by atoms with Crippen molar-refractivity contribution in [1.29, 1.82) is 0 Å². The monoisotopic (exact) mass is 498 g/mol. The van der Waals surface area contributed by atoms with E-state index in [2.05, 4.69) is 31.3 Å². The second-order valence-corrected chi connectivity index (χ2v) is 8.94. The maximum atomic E-state index is 13.0. The van der Waals surface area contributed by atoms with Crippen molar-refractivity contribution in [2.24, 2.45) is 0 Å². The van der Waals surface area contributed by atoms with Gasteiger partial charge < -0.3 is 9.47 Å². The second kappa shape index (κ2) is 11.6. The Bertz CT molecular complexity index is 1310. The molecule has 3 aromatic carbocycles. The van der Waals surface area contributed by atoms with Gasteiger partial charge in [0.25, 0.3) is 11.8 Å². The lowest BCUT2D eigenvalue weighted by Gasteiger charge is -2.26. The number of hydrogen-bond donors (Lipinski definition) is 1. The Morgan fingerprint density at radius 3 is 2.11 bits per heavy atom. The Balaban J connectivity index is 1.35. The third-order valence-electron chi connectivity index (χ3n) is 6.23. The predicted molar refractivity (Wildman–Crippen MR) is 143 cm³/mol. The van der Waals surface area contributed by atoms with Gasteiger partial charge in [0.1, 0.15) is 30.3 Å². The van der Waals surface area contributed by atoms with E-state index in [1.807, 2.05) is 25.1 Å². The number of barbiturate groups is 1. The van der Waals surface area contributed by atoms with Gasteiger partial charge in [-0.15, -0.1) is 0 Å². The summed E-state index contributed by atoms with van der Waals surface area (Å²) >= 11 is 0. The zero-order valence-electron chi connectivity index (χ0n) is 21.2. The number of ether oxygens (including phenoxy) is 2. The van der Waals surface area contributed by atoms with Crippen LogP contribution >= 0.6 is 0 Å². The van der Waals surface area contributed by atoms with Crippen LogP contribution in [0.5, 0.6) is 11.5 Å². The Labute approximate surface area is 216 Å². The number of carbonyl (C=O) groups is 3. The molecular formula is C30H30N2O5. The maximum Gasteiger partial charge on any atom is 0.335 e. The van der Waals surface area contributed by atoms with Crippen LogP contribution in [0.25, 0.3) is 6.08 Å². The summed E-state index contributed by atoms with van der Waals surface area (Å²) in [5.74, 6) is 0.554. The van der Waals surface area contributed by atoms with Gasteiger partial charge in [-0.1, -0.05) is 50.2 Å². The highest BCUT2D eigenvalue weighted by Crippen LogP contribution is 2.24. The van der Waals surface area contributed by atoms with E-state index in [-0.39, 0.29) is 5.57 Å². The molecule has 0 aromatic heterocycles. The van der Waals surface area contributed by atoms with Crippen LogP contribution in [0, 0.1) is 6.92 Å². The van der Waals surface area contributed by atoms with E-state index in [4.69, 9.17) is 9.47 Å². The van der Waals surface area contributed by atoms with Crippen molar-refractivity contribution < 1.29 is 23.9 Å². The van der Waals surface area contributed by atoms with Gasteiger partial charge in [-0.2, -0.15) is 0 Å². The fraction of sp³-hybridized carbons (Fsp3) is 0.233. The smallest absolute Gasteiger partial charge is 0.335 e. The Morgan fingerprint density at radius 1 is 0.892 bits per heavy atom. The molecule has 0 aliphatic carbocycles. The number of carbonyl (C=O) groups excluding carboxylic acids is 3. The lowest BCUT2D eigenvalue weighted by atomic mass is 9.99. The first kappa shape index (κ1) is 25.7. The van der Waals surface area contributed by atoms with Gasteiger partial charge in [0.15, 0.2) is 0 Å². The Kier molecular flexibility index (Phi) is 8.03. The molecule has 3 aromatic rings. The normalized spacial score (nSPS) is 15.5. The average molecular weight is 499 g/mol. The zero-order valence-corrected chi connectivity index (χ0v) is 21.2. The van der Waals surface area contributed by atoms with Crippen molar-refractivity contribution in [2.45, 2.75) is 33.1 Å². The molecule has 4 amide bonds. The molecule has 7 nitrogen and oxygen atoms in total. The number of aryl methyl sites for hydroxylation is 1. The quantitative estimate of drug-likeness (QED) is 0.235. The van der Waals surface area contributed by atoms with Crippen molar-refractivity contribution in [2.75, 3.05) is 18.1 Å². The molecule has 37 heavy (non-hydrogen) atoms. The summed E-state index contributed by atoms with van der Waals surface area (Å²) < 4.78 is 11.5. The number of nitrogens with zero attached hydrogens (tertiary/aromatic N) is 1. The number of imide groups is 2. The van der Waals surface area contributed by atoms with Crippen molar-refractivity contribution >= 4 is 29.6 Å². The van der Waals surface area contributed by atoms with Gasteiger partial charge in [0.2, 0.25) is 0 Å². The lowest BCUT2D eigenvalue weighted by Crippen LogP contribution is -2.54. The average Bonchev–Trinajstić information content (AvgIpc) is 2.89. The van der Waals surface area contributed by atoms with Crippen molar-refractivity contribution in [3.05, 3.63) is 95.1 Å². The molecule has 1 aliphatic heterocycles. The Hall–Kier alpha value is -4.39. The topological polar surface area (TPSA) is 84.9 Å². The molecule has 1 saturated heterocycles. The van der Waals surface area contributed by atoms with Gasteiger partial charge in [0, 0.05) is 0 Å². The van der Waals surface area contributed by atoms with Crippen molar-refractivity contribution in [1.82, 2.24) is 5.32 Å². The maximum absolute atomic E-state index is 13.0. The van der Waals surface area contributed by atoms with Crippen LogP contribution in [-0.4, -0.2) is 31.1 Å². The number of amides is 4. The minimum absolute atomic E-state index is 0.123. The molecule has 190 valence electrons. The molecule has 1 fully saturated rings. The third-order valence-corrected chi connectivity index (χ3v) is 6.23. The van der Waals surface area contributed by atoms with Crippen LogP contribution in [0.15, 0.2) is 78.4 Å². The lowest BCUT2D eigenvalue weighted by molar-refractivity contribution is -0.122. The number of anilines is 1. The SMILES string of the molecule is CCC(C)c1ccc(OCCOc2ccc(/C=C3/C(=O)NC(=O)N(c4cccc(C)c4)C3=O)cc2)cc1. The van der Waals surface area contributed by atoms with E-state index in [1.54, 1.807) is 42.5 Å². The van der Waals surface area contributed by atoms with E-state index < -0.39 is 17.8 Å². The summed E-state index contributed by atoms with van der Waals surface area (Å²) in [5.41, 5.74) is 3.09. The van der Waals surface area contributed by atoms with E-state index >= 15 is 0 Å². The van der Waals surface area contributed by atoms with Gasteiger partial charge >= 0.3 is 6.03 Å². The molecule has 1 N–H and O–H groups in total. The van der Waals surface area contributed by atoms with Gasteiger partial charge in [0.05, 0.1) is 5.69 Å². The van der Waals surface area contributed by atoms with Gasteiger partial charge in [-0.25, -0.2) is 9.69 Å². The highest BCUT2D eigenvalue weighted by Gasteiger charge is 2.36. The summed E-state index contributed by atoms with van der Waals surface area (Å²) in [6.07, 6.45) is 2.56. The molecular weight excluding hydrogens is 468 g/mol. The van der Waals surface area contributed by atoms with Crippen LogP contribution in [0.1, 0.15) is 42.9 Å². The molecule has 1 aliphatic rings.